The van der Waals surface area contributed by atoms with E-state index in [0.717, 1.165) is 11.0 Å². The monoisotopic (exact) mass is 515 g/mol. The van der Waals surface area contributed by atoms with Crippen LogP contribution >= 0.6 is 23.4 Å². The zero-order chi connectivity index (χ0) is 25.3. The number of hydrogen-bond donors (Lipinski definition) is 1. The molecule has 3 amide bonds. The van der Waals surface area contributed by atoms with Crippen LogP contribution in [0, 0.1) is 22.9 Å². The van der Waals surface area contributed by atoms with Gasteiger partial charge in [-0.2, -0.15) is 0 Å². The molecular formula is C23H15ClFN3O6S. The quantitative estimate of drug-likeness (QED) is 0.256. The van der Waals surface area contributed by atoms with Gasteiger partial charge in [0, 0.05) is 29.0 Å². The molecule has 1 aliphatic heterocycles. The topological polar surface area (TPSA) is 123 Å². The molecule has 4 rings (SSSR count). The average Bonchev–Trinajstić information content (AvgIpc) is 3.37. The highest BCUT2D eigenvalue weighted by Gasteiger charge is 2.36. The Morgan fingerprint density at radius 3 is 2.71 bits per heavy atom. The highest BCUT2D eigenvalue weighted by molar-refractivity contribution is 8.18. The van der Waals surface area contributed by atoms with Gasteiger partial charge in [0.2, 0.25) is 5.91 Å². The molecule has 0 radical (unpaired) electrons. The first kappa shape index (κ1) is 24.2. The van der Waals surface area contributed by atoms with E-state index in [2.05, 4.69) is 5.32 Å². The molecule has 0 spiro atoms. The van der Waals surface area contributed by atoms with Crippen LogP contribution in [0.1, 0.15) is 11.3 Å². The molecule has 3 aromatic rings. The molecule has 1 saturated heterocycles. The number of carbonyl (C=O) groups excluding carboxylic acids is 3. The van der Waals surface area contributed by atoms with Crippen molar-refractivity contribution in [1.29, 1.82) is 0 Å². The van der Waals surface area contributed by atoms with Crippen LogP contribution < -0.4 is 5.32 Å². The lowest BCUT2D eigenvalue weighted by atomic mass is 10.1. The summed E-state index contributed by atoms with van der Waals surface area (Å²) in [6, 6.07) is 11.4. The van der Waals surface area contributed by atoms with Crippen molar-refractivity contribution in [2.24, 2.45) is 0 Å². The second kappa shape index (κ2) is 9.72. The number of imide groups is 1. The van der Waals surface area contributed by atoms with Gasteiger partial charge in [-0.3, -0.25) is 29.4 Å². The lowest BCUT2D eigenvalue weighted by Gasteiger charge is -2.12. The number of furan rings is 1. The van der Waals surface area contributed by atoms with Crippen molar-refractivity contribution in [2.45, 2.75) is 6.92 Å². The molecule has 0 bridgehead atoms. The second-order valence-corrected chi connectivity index (χ2v) is 8.81. The van der Waals surface area contributed by atoms with E-state index in [0.29, 0.717) is 28.6 Å². The van der Waals surface area contributed by atoms with Crippen molar-refractivity contribution >= 4 is 57.9 Å². The highest BCUT2D eigenvalue weighted by atomic mass is 35.5. The Hall–Kier alpha value is -3.96. The third-order valence-corrected chi connectivity index (χ3v) is 6.17. The molecular weight excluding hydrogens is 501 g/mol. The summed E-state index contributed by atoms with van der Waals surface area (Å²) in [6.45, 7) is 1.08. The smallest absolute Gasteiger partial charge is 0.294 e. The fourth-order valence-electron chi connectivity index (χ4n) is 3.23. The van der Waals surface area contributed by atoms with Gasteiger partial charge < -0.3 is 9.73 Å². The highest BCUT2D eigenvalue weighted by Crippen LogP contribution is 2.34. The predicted octanol–water partition coefficient (Wildman–Crippen LogP) is 5.63. The largest absolute Gasteiger partial charge is 0.457 e. The molecule has 0 aliphatic carbocycles. The van der Waals surface area contributed by atoms with Crippen molar-refractivity contribution in [1.82, 2.24) is 4.90 Å². The van der Waals surface area contributed by atoms with Gasteiger partial charge in [-0.05, 0) is 49.0 Å². The first-order valence-corrected chi connectivity index (χ1v) is 11.2. The molecule has 1 fully saturated rings. The number of thioether (sulfide) groups is 1. The summed E-state index contributed by atoms with van der Waals surface area (Å²) in [5.41, 5.74) is 1.14. The number of rotatable bonds is 6. The molecule has 0 atom stereocenters. The molecule has 2 heterocycles. The van der Waals surface area contributed by atoms with E-state index in [4.69, 9.17) is 16.0 Å². The van der Waals surface area contributed by atoms with E-state index < -0.39 is 34.3 Å². The van der Waals surface area contributed by atoms with Gasteiger partial charge >= 0.3 is 0 Å². The van der Waals surface area contributed by atoms with Gasteiger partial charge in [-0.25, -0.2) is 4.39 Å². The lowest BCUT2D eigenvalue weighted by Crippen LogP contribution is -2.36. The van der Waals surface area contributed by atoms with Crippen LogP contribution in [0.5, 0.6) is 0 Å². The summed E-state index contributed by atoms with van der Waals surface area (Å²) >= 11 is 6.33. The molecule has 0 unspecified atom stereocenters. The van der Waals surface area contributed by atoms with Gasteiger partial charge in [0.15, 0.2) is 0 Å². The third-order valence-electron chi connectivity index (χ3n) is 4.97. The summed E-state index contributed by atoms with van der Waals surface area (Å²) in [5, 5.41) is 12.8. The van der Waals surface area contributed by atoms with Gasteiger partial charge in [-0.1, -0.05) is 23.7 Å². The Labute approximate surface area is 206 Å². The van der Waals surface area contributed by atoms with Crippen LogP contribution in [0.2, 0.25) is 5.02 Å². The number of halogens is 2. The Balaban J connectivity index is 1.47. The van der Waals surface area contributed by atoms with Crippen LogP contribution in [-0.4, -0.2) is 33.4 Å². The van der Waals surface area contributed by atoms with Crippen LogP contribution in [0.15, 0.2) is 57.9 Å². The maximum Gasteiger partial charge on any atom is 0.294 e. The first-order valence-electron chi connectivity index (χ1n) is 9.98. The van der Waals surface area contributed by atoms with E-state index in [-0.39, 0.29) is 27.1 Å². The number of nitro benzene ring substituents is 1. The summed E-state index contributed by atoms with van der Waals surface area (Å²) in [7, 11) is 0. The minimum absolute atomic E-state index is 0.0448. The van der Waals surface area contributed by atoms with Crippen LogP contribution in [-0.2, 0) is 9.59 Å². The number of hydrogen-bond acceptors (Lipinski definition) is 7. The van der Waals surface area contributed by atoms with Gasteiger partial charge in [0.1, 0.15) is 23.9 Å². The lowest BCUT2D eigenvalue weighted by molar-refractivity contribution is -0.385. The zero-order valence-electron chi connectivity index (χ0n) is 17.9. The van der Waals surface area contributed by atoms with E-state index in [1.165, 1.54) is 24.3 Å². The normalized spacial score (nSPS) is 14.6. The van der Waals surface area contributed by atoms with Gasteiger partial charge in [0.05, 0.1) is 14.9 Å². The van der Waals surface area contributed by atoms with Crippen molar-refractivity contribution in [2.75, 3.05) is 11.9 Å². The molecule has 9 nitrogen and oxygen atoms in total. The van der Waals surface area contributed by atoms with Crippen molar-refractivity contribution in [3.8, 4) is 11.3 Å². The number of anilines is 1. The van der Waals surface area contributed by atoms with Crippen molar-refractivity contribution in [3.05, 3.63) is 85.7 Å². The minimum atomic E-state index is -0.684. The van der Waals surface area contributed by atoms with E-state index >= 15 is 0 Å². The zero-order valence-corrected chi connectivity index (χ0v) is 19.5. The standard InChI is InChI=1S/C23H15ClFN3O6S/c1-12-2-3-13(8-18(12)28(32)33)19-7-5-15(34-19)10-20-22(30)27(23(31)35-20)11-21(29)26-14-4-6-17(25)16(24)9-14/h2-10H,11H2,1H3,(H,26,29)/b20-10+. The fourth-order valence-corrected chi connectivity index (χ4v) is 4.23. The summed E-state index contributed by atoms with van der Waals surface area (Å²) in [6.07, 6.45) is 1.36. The maximum absolute atomic E-state index is 13.3. The average molecular weight is 516 g/mol. The number of carbonyl (C=O) groups is 3. The van der Waals surface area contributed by atoms with Crippen LogP contribution in [0.25, 0.3) is 17.4 Å². The third kappa shape index (κ3) is 5.26. The molecule has 12 heteroatoms. The summed E-state index contributed by atoms with van der Waals surface area (Å²) in [4.78, 5) is 48.8. The Bertz CT molecular complexity index is 1420. The molecule has 178 valence electrons. The Morgan fingerprint density at radius 2 is 2.00 bits per heavy atom. The number of nitrogens with one attached hydrogen (secondary N) is 1. The SMILES string of the molecule is Cc1ccc(-c2ccc(/C=C3/SC(=O)N(CC(=O)Nc4ccc(F)c(Cl)c4)C3=O)o2)cc1[N+](=O)[O-]. The first-order chi connectivity index (χ1) is 16.6. The number of nitro groups is 1. The fraction of sp³-hybridized carbons (Fsp3) is 0.0870. The predicted molar refractivity (Wildman–Crippen MR) is 128 cm³/mol. The molecule has 1 N–H and O–H groups in total. The summed E-state index contributed by atoms with van der Waals surface area (Å²) in [5.74, 6) is -1.41. The minimum Gasteiger partial charge on any atom is -0.457 e. The number of benzene rings is 2. The number of amides is 3. The van der Waals surface area contributed by atoms with Crippen LogP contribution in [0.3, 0.4) is 0 Å². The molecule has 1 aromatic heterocycles. The van der Waals surface area contributed by atoms with Gasteiger partial charge in [-0.15, -0.1) is 0 Å². The van der Waals surface area contributed by atoms with E-state index in [1.54, 1.807) is 31.2 Å². The second-order valence-electron chi connectivity index (χ2n) is 7.41. The maximum atomic E-state index is 13.3. The molecule has 35 heavy (non-hydrogen) atoms. The van der Waals surface area contributed by atoms with Crippen LogP contribution in [0.4, 0.5) is 20.6 Å². The Kier molecular flexibility index (Phi) is 6.72. The van der Waals surface area contributed by atoms with Gasteiger partial charge in [0.25, 0.3) is 16.8 Å². The Morgan fingerprint density at radius 1 is 1.23 bits per heavy atom. The van der Waals surface area contributed by atoms with E-state index in [1.807, 2.05) is 0 Å². The van der Waals surface area contributed by atoms with Crippen molar-refractivity contribution in [3.63, 3.8) is 0 Å². The van der Waals surface area contributed by atoms with Crippen molar-refractivity contribution < 1.29 is 28.1 Å². The molecule has 1 aliphatic rings. The number of aryl methyl sites for hydroxylation is 1. The van der Waals surface area contributed by atoms with E-state index in [9.17, 15) is 28.9 Å². The molecule has 2 aromatic carbocycles. The number of nitrogens with zero attached hydrogens (tertiary/aromatic N) is 2. The summed E-state index contributed by atoms with van der Waals surface area (Å²) < 4.78 is 19.0. The molecule has 0 saturated carbocycles.